The molecule has 0 spiro atoms. The third-order valence-corrected chi connectivity index (χ3v) is 6.77. The number of hydrogen-bond donors (Lipinski definition) is 1. The molecule has 0 aromatic heterocycles. The SMILES string of the molecule is O=C(O)[C@H]1CCCN1S(=O)(=O)c1ccc(Cl)c(CBr)c1Cl. The van der Waals surface area contributed by atoms with Crippen molar-refractivity contribution in [2.24, 2.45) is 0 Å². The number of aliphatic carboxylic acids is 1. The van der Waals surface area contributed by atoms with Crippen LogP contribution in [0.15, 0.2) is 17.0 Å². The van der Waals surface area contributed by atoms with E-state index in [9.17, 15) is 13.2 Å². The van der Waals surface area contributed by atoms with Crippen LogP contribution in [-0.4, -0.2) is 36.4 Å². The predicted octanol–water partition coefficient (Wildman–Crippen LogP) is 3.13. The van der Waals surface area contributed by atoms with Crippen LogP contribution in [0.2, 0.25) is 10.0 Å². The summed E-state index contributed by atoms with van der Waals surface area (Å²) >= 11 is 15.3. The minimum Gasteiger partial charge on any atom is -0.480 e. The van der Waals surface area contributed by atoms with Gasteiger partial charge in [0.2, 0.25) is 10.0 Å². The molecule has 0 bridgehead atoms. The van der Waals surface area contributed by atoms with Gasteiger partial charge in [-0.3, -0.25) is 4.79 Å². The maximum Gasteiger partial charge on any atom is 0.322 e. The van der Waals surface area contributed by atoms with Gasteiger partial charge in [-0.25, -0.2) is 8.42 Å². The second-order valence-electron chi connectivity index (χ2n) is 4.58. The van der Waals surface area contributed by atoms with Crippen LogP contribution in [0, 0.1) is 0 Å². The molecule has 21 heavy (non-hydrogen) atoms. The maximum absolute atomic E-state index is 12.7. The highest BCUT2D eigenvalue weighted by Crippen LogP contribution is 2.36. The van der Waals surface area contributed by atoms with Crippen molar-refractivity contribution < 1.29 is 18.3 Å². The lowest BCUT2D eigenvalue weighted by Crippen LogP contribution is -2.40. The van der Waals surface area contributed by atoms with E-state index in [-0.39, 0.29) is 16.5 Å². The molecule has 1 fully saturated rings. The summed E-state index contributed by atoms with van der Waals surface area (Å²) in [4.78, 5) is 11.1. The van der Waals surface area contributed by atoms with Crippen LogP contribution in [0.5, 0.6) is 0 Å². The minimum absolute atomic E-state index is 0.0235. The van der Waals surface area contributed by atoms with E-state index >= 15 is 0 Å². The Balaban J connectivity index is 2.52. The number of carboxylic acid groups (broad SMARTS) is 1. The summed E-state index contributed by atoms with van der Waals surface area (Å²) in [5.74, 6) is -1.15. The van der Waals surface area contributed by atoms with Gasteiger partial charge in [-0.1, -0.05) is 39.1 Å². The van der Waals surface area contributed by atoms with E-state index in [4.69, 9.17) is 28.3 Å². The van der Waals surface area contributed by atoms with Crippen LogP contribution in [0.4, 0.5) is 0 Å². The van der Waals surface area contributed by atoms with Crippen molar-refractivity contribution >= 4 is 55.1 Å². The van der Waals surface area contributed by atoms with Gasteiger partial charge >= 0.3 is 5.97 Å². The first-order chi connectivity index (χ1) is 9.80. The van der Waals surface area contributed by atoms with Crippen LogP contribution < -0.4 is 0 Å². The van der Waals surface area contributed by atoms with E-state index < -0.39 is 22.0 Å². The van der Waals surface area contributed by atoms with Crippen molar-refractivity contribution in [1.29, 1.82) is 0 Å². The molecule has 1 heterocycles. The first-order valence-electron chi connectivity index (χ1n) is 6.08. The summed E-state index contributed by atoms with van der Waals surface area (Å²) in [6.07, 6.45) is 0.803. The number of halogens is 3. The summed E-state index contributed by atoms with van der Waals surface area (Å²) in [5.41, 5.74) is 0.463. The van der Waals surface area contributed by atoms with Gasteiger partial charge in [0.15, 0.2) is 0 Å². The molecule has 1 aliphatic rings. The Bertz CT molecular complexity index is 680. The normalized spacial score (nSPS) is 19.9. The lowest BCUT2D eigenvalue weighted by atomic mass is 10.2. The molecule has 2 rings (SSSR count). The number of alkyl halides is 1. The zero-order chi connectivity index (χ0) is 15.8. The summed E-state index contributed by atoms with van der Waals surface area (Å²) in [7, 11) is -3.97. The highest BCUT2D eigenvalue weighted by molar-refractivity contribution is 9.08. The Morgan fingerprint density at radius 1 is 1.43 bits per heavy atom. The second-order valence-corrected chi connectivity index (χ2v) is 7.79. The fourth-order valence-electron chi connectivity index (χ4n) is 2.30. The van der Waals surface area contributed by atoms with Gasteiger partial charge in [-0.2, -0.15) is 4.31 Å². The molecule has 1 aliphatic heterocycles. The fraction of sp³-hybridized carbons (Fsp3) is 0.417. The molecule has 1 saturated heterocycles. The van der Waals surface area contributed by atoms with Crippen molar-refractivity contribution in [2.45, 2.75) is 29.1 Å². The maximum atomic E-state index is 12.7. The second kappa shape index (κ2) is 6.42. The lowest BCUT2D eigenvalue weighted by Gasteiger charge is -2.22. The molecule has 1 aromatic carbocycles. The molecule has 0 unspecified atom stereocenters. The number of sulfonamides is 1. The Kier molecular flexibility index (Phi) is 5.20. The fourth-order valence-corrected chi connectivity index (χ4v) is 5.74. The van der Waals surface area contributed by atoms with E-state index in [0.29, 0.717) is 28.8 Å². The molecule has 1 aromatic rings. The lowest BCUT2D eigenvalue weighted by molar-refractivity contribution is -0.140. The van der Waals surface area contributed by atoms with Crippen molar-refractivity contribution in [3.8, 4) is 0 Å². The van der Waals surface area contributed by atoms with Crippen molar-refractivity contribution in [2.75, 3.05) is 6.54 Å². The molecule has 0 saturated carbocycles. The first kappa shape index (κ1) is 17.0. The Morgan fingerprint density at radius 2 is 2.10 bits per heavy atom. The van der Waals surface area contributed by atoms with E-state index in [1.807, 2.05) is 0 Å². The third kappa shape index (κ3) is 3.07. The molecule has 9 heteroatoms. The molecular weight excluding hydrogens is 405 g/mol. The molecule has 1 N–H and O–H groups in total. The summed E-state index contributed by atoms with van der Waals surface area (Å²) in [6, 6.07) is 1.71. The van der Waals surface area contributed by atoms with Gasteiger partial charge in [0.25, 0.3) is 0 Å². The van der Waals surface area contributed by atoms with E-state index in [1.165, 1.54) is 12.1 Å². The number of carbonyl (C=O) groups is 1. The number of rotatable bonds is 4. The topological polar surface area (TPSA) is 74.7 Å². The monoisotopic (exact) mass is 415 g/mol. The highest BCUT2D eigenvalue weighted by Gasteiger charge is 2.40. The largest absolute Gasteiger partial charge is 0.480 e. The first-order valence-corrected chi connectivity index (χ1v) is 9.40. The average Bonchev–Trinajstić information content (AvgIpc) is 2.89. The molecular formula is C12H12BrCl2NO4S. The van der Waals surface area contributed by atoms with Gasteiger partial charge < -0.3 is 5.11 Å². The van der Waals surface area contributed by atoms with Crippen molar-refractivity contribution in [3.05, 3.63) is 27.7 Å². The van der Waals surface area contributed by atoms with Gasteiger partial charge in [-0.15, -0.1) is 0 Å². The molecule has 0 amide bonds. The number of benzene rings is 1. The number of hydrogen-bond acceptors (Lipinski definition) is 3. The Hall–Kier alpha value is -0.340. The zero-order valence-electron chi connectivity index (χ0n) is 10.7. The molecule has 5 nitrogen and oxygen atoms in total. The molecule has 116 valence electrons. The summed E-state index contributed by atoms with van der Waals surface area (Å²) in [5, 5.41) is 9.82. The van der Waals surface area contributed by atoms with Gasteiger partial charge in [0.1, 0.15) is 10.9 Å². The molecule has 0 radical (unpaired) electrons. The standard InChI is InChI=1S/C12H12BrCl2NO4S/c13-6-7-8(14)3-4-10(11(7)15)21(19,20)16-5-1-2-9(16)12(17)18/h3-4,9H,1-2,5-6H2,(H,17,18)/t9-/m1/s1. The van der Waals surface area contributed by atoms with E-state index in [0.717, 1.165) is 4.31 Å². The Morgan fingerprint density at radius 3 is 2.67 bits per heavy atom. The number of nitrogens with zero attached hydrogens (tertiary/aromatic N) is 1. The van der Waals surface area contributed by atoms with E-state index in [2.05, 4.69) is 15.9 Å². The third-order valence-electron chi connectivity index (χ3n) is 3.36. The Labute approximate surface area is 141 Å². The van der Waals surface area contributed by atoms with Crippen LogP contribution >= 0.6 is 39.1 Å². The predicted molar refractivity (Wildman–Crippen MR) is 83.6 cm³/mol. The number of carboxylic acids is 1. The minimum atomic E-state index is -3.97. The quantitative estimate of drug-likeness (QED) is 0.765. The smallest absolute Gasteiger partial charge is 0.322 e. The van der Waals surface area contributed by atoms with Crippen LogP contribution in [0.3, 0.4) is 0 Å². The molecule has 0 aliphatic carbocycles. The van der Waals surface area contributed by atoms with Gasteiger partial charge in [0, 0.05) is 22.5 Å². The average molecular weight is 417 g/mol. The van der Waals surface area contributed by atoms with Crippen molar-refractivity contribution in [3.63, 3.8) is 0 Å². The van der Waals surface area contributed by atoms with Crippen LogP contribution in [-0.2, 0) is 20.1 Å². The summed E-state index contributed by atoms with van der Waals surface area (Å²) < 4.78 is 26.3. The highest BCUT2D eigenvalue weighted by atomic mass is 79.9. The van der Waals surface area contributed by atoms with Crippen LogP contribution in [0.1, 0.15) is 18.4 Å². The van der Waals surface area contributed by atoms with Gasteiger partial charge in [0.05, 0.1) is 5.02 Å². The van der Waals surface area contributed by atoms with Crippen molar-refractivity contribution in [1.82, 2.24) is 4.31 Å². The summed E-state index contributed by atoms with van der Waals surface area (Å²) in [6.45, 7) is 0.169. The van der Waals surface area contributed by atoms with Gasteiger partial charge in [-0.05, 0) is 25.0 Å². The zero-order valence-corrected chi connectivity index (χ0v) is 14.6. The van der Waals surface area contributed by atoms with Crippen LogP contribution in [0.25, 0.3) is 0 Å². The van der Waals surface area contributed by atoms with E-state index in [1.54, 1.807) is 0 Å². The molecule has 1 atom stereocenters.